The van der Waals surface area contributed by atoms with Gasteiger partial charge in [0.2, 0.25) is 5.91 Å². The molecule has 1 aromatic rings. The lowest BCUT2D eigenvalue weighted by molar-refractivity contribution is -0.122. The highest BCUT2D eigenvalue weighted by Gasteiger charge is 2.31. The van der Waals surface area contributed by atoms with Crippen molar-refractivity contribution in [2.75, 3.05) is 51.2 Å². The summed E-state index contributed by atoms with van der Waals surface area (Å²) in [5.74, 6) is 0.295. The monoisotopic (exact) mass is 472 g/mol. The molecule has 34 heavy (non-hydrogen) atoms. The van der Waals surface area contributed by atoms with Gasteiger partial charge in [0.05, 0.1) is 12.2 Å². The number of ether oxygens (including phenoxy) is 1. The number of urea groups is 1. The molecule has 2 saturated heterocycles. The first-order valence-electron chi connectivity index (χ1n) is 12.8. The molecule has 8 nitrogen and oxygen atoms in total. The van der Waals surface area contributed by atoms with Gasteiger partial charge in [-0.15, -0.1) is 0 Å². The zero-order valence-electron chi connectivity index (χ0n) is 20.7. The molecule has 0 bridgehead atoms. The fourth-order valence-electron chi connectivity index (χ4n) is 4.98. The van der Waals surface area contributed by atoms with Crippen LogP contribution in [0.5, 0.6) is 0 Å². The smallest absolute Gasteiger partial charge is 0.338 e. The van der Waals surface area contributed by atoms with Crippen LogP contribution < -0.4 is 10.6 Å². The Morgan fingerprint density at radius 1 is 1.06 bits per heavy atom. The van der Waals surface area contributed by atoms with E-state index >= 15 is 0 Å². The van der Waals surface area contributed by atoms with Gasteiger partial charge in [0.25, 0.3) is 0 Å². The first-order valence-corrected chi connectivity index (χ1v) is 12.8. The number of amides is 3. The molecule has 2 N–H and O–H groups in total. The van der Waals surface area contributed by atoms with Gasteiger partial charge in [0.1, 0.15) is 0 Å². The average molecular weight is 473 g/mol. The fourth-order valence-corrected chi connectivity index (χ4v) is 4.98. The van der Waals surface area contributed by atoms with E-state index in [1.54, 1.807) is 31.2 Å². The van der Waals surface area contributed by atoms with Crippen molar-refractivity contribution in [2.24, 2.45) is 11.8 Å². The van der Waals surface area contributed by atoms with Gasteiger partial charge in [-0.05, 0) is 69.3 Å². The van der Waals surface area contributed by atoms with E-state index in [0.29, 0.717) is 49.8 Å². The van der Waals surface area contributed by atoms with Crippen LogP contribution in [0.2, 0.25) is 0 Å². The molecule has 0 saturated carbocycles. The second kappa shape index (κ2) is 13.3. The molecule has 2 aliphatic rings. The van der Waals surface area contributed by atoms with E-state index in [4.69, 9.17) is 4.74 Å². The molecule has 0 spiro atoms. The fraction of sp³-hybridized carbons (Fsp3) is 0.654. The lowest BCUT2D eigenvalue weighted by Crippen LogP contribution is -2.46. The molecule has 3 amide bonds. The molecule has 2 heterocycles. The number of piperidine rings is 2. The number of anilines is 1. The lowest BCUT2D eigenvalue weighted by Gasteiger charge is -2.38. The normalized spacial score (nSPS) is 21.1. The van der Waals surface area contributed by atoms with E-state index in [1.807, 2.05) is 4.90 Å². The minimum atomic E-state index is -0.403. The Labute approximate surface area is 203 Å². The third-order valence-corrected chi connectivity index (χ3v) is 6.97. The summed E-state index contributed by atoms with van der Waals surface area (Å²) in [5, 5.41) is 6.00. The molecule has 0 unspecified atom stereocenters. The summed E-state index contributed by atoms with van der Waals surface area (Å²) in [6.07, 6.45) is 6.10. The molecule has 2 fully saturated rings. The number of esters is 1. The maximum Gasteiger partial charge on any atom is 0.338 e. The largest absolute Gasteiger partial charge is 0.462 e. The van der Waals surface area contributed by atoms with Crippen LogP contribution in [-0.4, -0.2) is 73.6 Å². The topological polar surface area (TPSA) is 91.0 Å². The molecule has 0 aromatic heterocycles. The maximum atomic E-state index is 12.9. The second-order valence-electron chi connectivity index (χ2n) is 9.35. The van der Waals surface area contributed by atoms with Gasteiger partial charge in [-0.2, -0.15) is 0 Å². The number of carbonyl (C=O) groups excluding carboxylic acids is 3. The van der Waals surface area contributed by atoms with Crippen LogP contribution in [0.4, 0.5) is 10.5 Å². The Bertz CT molecular complexity index is 825. The summed E-state index contributed by atoms with van der Waals surface area (Å²) >= 11 is 0. The first-order chi connectivity index (χ1) is 16.5. The van der Waals surface area contributed by atoms with Crippen LogP contribution in [0.3, 0.4) is 0 Å². The Morgan fingerprint density at radius 2 is 1.85 bits per heavy atom. The van der Waals surface area contributed by atoms with Crippen molar-refractivity contribution in [3.05, 3.63) is 29.8 Å². The van der Waals surface area contributed by atoms with Crippen LogP contribution >= 0.6 is 0 Å². The summed E-state index contributed by atoms with van der Waals surface area (Å²) in [5.41, 5.74) is 0.981. The van der Waals surface area contributed by atoms with E-state index in [9.17, 15) is 14.4 Å². The van der Waals surface area contributed by atoms with Crippen LogP contribution in [0.1, 0.15) is 62.7 Å². The zero-order valence-corrected chi connectivity index (χ0v) is 20.7. The van der Waals surface area contributed by atoms with Gasteiger partial charge in [-0.1, -0.05) is 25.8 Å². The molecule has 2 atom stereocenters. The summed E-state index contributed by atoms with van der Waals surface area (Å²) in [4.78, 5) is 41.6. The van der Waals surface area contributed by atoms with E-state index < -0.39 is 5.97 Å². The van der Waals surface area contributed by atoms with Crippen molar-refractivity contribution < 1.29 is 19.1 Å². The summed E-state index contributed by atoms with van der Waals surface area (Å²) in [7, 11) is 0. The van der Waals surface area contributed by atoms with E-state index in [-0.39, 0.29) is 17.9 Å². The van der Waals surface area contributed by atoms with Crippen molar-refractivity contribution in [1.29, 1.82) is 0 Å². The highest BCUT2D eigenvalue weighted by atomic mass is 16.5. The average Bonchev–Trinajstić information content (AvgIpc) is 2.85. The van der Waals surface area contributed by atoms with E-state index in [0.717, 1.165) is 32.5 Å². The molecular weight excluding hydrogens is 432 g/mol. The number of hydrogen-bond donors (Lipinski definition) is 2. The number of benzene rings is 1. The number of hydrogen-bond acceptors (Lipinski definition) is 5. The molecule has 188 valence electrons. The summed E-state index contributed by atoms with van der Waals surface area (Å²) in [6.45, 7) is 9.35. The SMILES string of the molecule is CCOC(=O)c1cccc(NC(=O)N2CC[C@@H](CC(=O)NCCN3CCCCC3)[C@H](CC)C2)c1. The van der Waals surface area contributed by atoms with Crippen molar-refractivity contribution in [2.45, 2.75) is 52.4 Å². The van der Waals surface area contributed by atoms with Gasteiger partial charge in [0, 0.05) is 38.3 Å². The van der Waals surface area contributed by atoms with Crippen molar-refractivity contribution in [1.82, 2.24) is 15.1 Å². The van der Waals surface area contributed by atoms with Crippen LogP contribution in [-0.2, 0) is 9.53 Å². The quantitative estimate of drug-likeness (QED) is 0.535. The Morgan fingerprint density at radius 3 is 2.59 bits per heavy atom. The lowest BCUT2D eigenvalue weighted by atomic mass is 9.81. The first kappa shape index (κ1) is 26.0. The molecule has 2 aliphatic heterocycles. The third kappa shape index (κ3) is 7.72. The van der Waals surface area contributed by atoms with Gasteiger partial charge < -0.3 is 25.2 Å². The van der Waals surface area contributed by atoms with Gasteiger partial charge in [-0.3, -0.25) is 4.79 Å². The number of nitrogens with one attached hydrogen (secondary N) is 2. The molecule has 0 aliphatic carbocycles. The Balaban J connectivity index is 1.45. The van der Waals surface area contributed by atoms with Gasteiger partial charge in [0.15, 0.2) is 0 Å². The van der Waals surface area contributed by atoms with Crippen molar-refractivity contribution in [3.8, 4) is 0 Å². The Kier molecular flexibility index (Phi) is 10.2. The zero-order chi connectivity index (χ0) is 24.3. The second-order valence-corrected chi connectivity index (χ2v) is 9.35. The predicted octanol–water partition coefficient (Wildman–Crippen LogP) is 3.74. The highest BCUT2D eigenvalue weighted by molar-refractivity contribution is 5.94. The number of carbonyl (C=O) groups is 3. The summed E-state index contributed by atoms with van der Waals surface area (Å²) in [6, 6.07) is 6.62. The third-order valence-electron chi connectivity index (χ3n) is 6.97. The van der Waals surface area contributed by atoms with Gasteiger partial charge >= 0.3 is 12.0 Å². The molecule has 1 aromatic carbocycles. The standard InChI is InChI=1S/C26H40N4O4/c1-3-20-19-30(26(33)28-23-10-8-9-22(17-23)25(32)34-4-2)15-11-21(20)18-24(31)27-12-16-29-13-6-5-7-14-29/h8-10,17,20-21H,3-7,11-16,18-19H2,1-2H3,(H,27,31)(H,28,33)/t20-,21+/m1/s1. The van der Waals surface area contributed by atoms with Crippen LogP contribution in [0, 0.1) is 11.8 Å². The maximum absolute atomic E-state index is 12.9. The molecule has 3 rings (SSSR count). The summed E-state index contributed by atoms with van der Waals surface area (Å²) < 4.78 is 5.03. The number of rotatable bonds is 9. The van der Waals surface area contributed by atoms with E-state index in [1.165, 1.54) is 19.3 Å². The Hall–Kier alpha value is -2.61. The van der Waals surface area contributed by atoms with Crippen molar-refractivity contribution in [3.63, 3.8) is 0 Å². The minimum Gasteiger partial charge on any atom is -0.462 e. The van der Waals surface area contributed by atoms with Gasteiger partial charge in [-0.25, -0.2) is 9.59 Å². The van der Waals surface area contributed by atoms with E-state index in [2.05, 4.69) is 22.5 Å². The minimum absolute atomic E-state index is 0.120. The van der Waals surface area contributed by atoms with Crippen LogP contribution in [0.25, 0.3) is 0 Å². The van der Waals surface area contributed by atoms with Crippen molar-refractivity contribution >= 4 is 23.6 Å². The number of nitrogens with zero attached hydrogens (tertiary/aromatic N) is 2. The molecule has 8 heteroatoms. The predicted molar refractivity (Wildman–Crippen MR) is 133 cm³/mol. The number of likely N-dealkylation sites (tertiary alicyclic amines) is 2. The van der Waals surface area contributed by atoms with Crippen LogP contribution in [0.15, 0.2) is 24.3 Å². The molecule has 0 radical (unpaired) electrons. The highest BCUT2D eigenvalue weighted by Crippen LogP contribution is 2.29. The molecular formula is C26H40N4O4.